The first-order valence-corrected chi connectivity index (χ1v) is 6.17. The van der Waals surface area contributed by atoms with Crippen molar-refractivity contribution in [3.8, 4) is 0 Å². The topological polar surface area (TPSA) is 41.1 Å². The molecule has 1 unspecified atom stereocenters. The van der Waals surface area contributed by atoms with Crippen molar-refractivity contribution in [3.05, 3.63) is 35.4 Å². The lowest BCUT2D eigenvalue weighted by atomic mass is 10.1. The molecule has 0 saturated heterocycles. The SMILES string of the molecule is CCNCC(C)C(=O)NCc1ccc(C)cc1. The molecule has 0 aromatic heterocycles. The normalized spacial score (nSPS) is 12.2. The predicted octanol–water partition coefficient (Wildman–Crippen LogP) is 1.86. The summed E-state index contributed by atoms with van der Waals surface area (Å²) in [5, 5.41) is 6.12. The van der Waals surface area contributed by atoms with E-state index in [1.54, 1.807) is 0 Å². The van der Waals surface area contributed by atoms with Crippen LogP contribution in [0.5, 0.6) is 0 Å². The standard InChI is InChI=1S/C14H22N2O/c1-4-15-9-12(3)14(17)16-10-13-7-5-11(2)6-8-13/h5-8,12,15H,4,9-10H2,1-3H3,(H,16,17). The largest absolute Gasteiger partial charge is 0.352 e. The Hall–Kier alpha value is -1.35. The van der Waals surface area contributed by atoms with Gasteiger partial charge in [-0.25, -0.2) is 0 Å². The molecule has 0 bridgehead atoms. The Morgan fingerprint density at radius 3 is 2.53 bits per heavy atom. The van der Waals surface area contributed by atoms with Gasteiger partial charge in [-0.05, 0) is 19.0 Å². The van der Waals surface area contributed by atoms with Crippen molar-refractivity contribution >= 4 is 5.91 Å². The molecule has 0 fully saturated rings. The minimum Gasteiger partial charge on any atom is -0.352 e. The molecule has 1 atom stereocenters. The van der Waals surface area contributed by atoms with E-state index in [0.29, 0.717) is 6.54 Å². The zero-order chi connectivity index (χ0) is 12.7. The lowest BCUT2D eigenvalue weighted by Gasteiger charge is -2.12. The highest BCUT2D eigenvalue weighted by molar-refractivity contribution is 5.78. The molecule has 0 aliphatic rings. The highest BCUT2D eigenvalue weighted by atomic mass is 16.1. The lowest BCUT2D eigenvalue weighted by Crippen LogP contribution is -2.34. The Labute approximate surface area is 104 Å². The van der Waals surface area contributed by atoms with Crippen molar-refractivity contribution in [3.63, 3.8) is 0 Å². The maximum absolute atomic E-state index is 11.7. The average Bonchev–Trinajstić information content (AvgIpc) is 2.34. The van der Waals surface area contributed by atoms with Crippen molar-refractivity contribution in [2.24, 2.45) is 5.92 Å². The molecule has 1 aromatic carbocycles. The molecule has 2 N–H and O–H groups in total. The minimum atomic E-state index is 0.0143. The van der Waals surface area contributed by atoms with Gasteiger partial charge in [-0.2, -0.15) is 0 Å². The fraction of sp³-hybridized carbons (Fsp3) is 0.500. The van der Waals surface area contributed by atoms with Crippen LogP contribution in [0.2, 0.25) is 0 Å². The first-order chi connectivity index (χ1) is 8.13. The van der Waals surface area contributed by atoms with Crippen LogP contribution >= 0.6 is 0 Å². The molecular weight excluding hydrogens is 212 g/mol. The molecule has 94 valence electrons. The fourth-order valence-electron chi connectivity index (χ4n) is 1.52. The van der Waals surface area contributed by atoms with Crippen LogP contribution in [0, 0.1) is 12.8 Å². The van der Waals surface area contributed by atoms with E-state index in [1.807, 2.05) is 26.0 Å². The predicted molar refractivity (Wildman–Crippen MR) is 70.7 cm³/mol. The van der Waals surface area contributed by atoms with Gasteiger partial charge in [0, 0.05) is 19.0 Å². The summed E-state index contributed by atoms with van der Waals surface area (Å²) in [6.45, 7) is 8.27. The highest BCUT2D eigenvalue weighted by Gasteiger charge is 2.11. The van der Waals surface area contributed by atoms with Crippen LogP contribution in [0.1, 0.15) is 25.0 Å². The van der Waals surface area contributed by atoms with Gasteiger partial charge in [0.15, 0.2) is 0 Å². The molecule has 0 heterocycles. The van der Waals surface area contributed by atoms with E-state index in [-0.39, 0.29) is 11.8 Å². The molecular formula is C14H22N2O. The van der Waals surface area contributed by atoms with Gasteiger partial charge in [0.05, 0.1) is 0 Å². The van der Waals surface area contributed by atoms with Crippen molar-refractivity contribution in [2.75, 3.05) is 13.1 Å². The minimum absolute atomic E-state index is 0.0143. The quantitative estimate of drug-likeness (QED) is 0.789. The van der Waals surface area contributed by atoms with E-state index < -0.39 is 0 Å². The van der Waals surface area contributed by atoms with Crippen LogP contribution in [0.25, 0.3) is 0 Å². The zero-order valence-electron chi connectivity index (χ0n) is 10.9. The number of hydrogen-bond donors (Lipinski definition) is 2. The highest BCUT2D eigenvalue weighted by Crippen LogP contribution is 2.03. The first-order valence-electron chi connectivity index (χ1n) is 6.17. The van der Waals surface area contributed by atoms with Gasteiger partial charge < -0.3 is 10.6 Å². The number of amides is 1. The first kappa shape index (κ1) is 13.7. The number of rotatable bonds is 6. The molecule has 0 radical (unpaired) electrons. The summed E-state index contributed by atoms with van der Waals surface area (Å²) in [4.78, 5) is 11.7. The van der Waals surface area contributed by atoms with E-state index in [1.165, 1.54) is 5.56 Å². The monoisotopic (exact) mass is 234 g/mol. The van der Waals surface area contributed by atoms with Gasteiger partial charge in [0.2, 0.25) is 5.91 Å². The van der Waals surface area contributed by atoms with Crippen LogP contribution in [0.15, 0.2) is 24.3 Å². The third kappa shape index (κ3) is 5.00. The van der Waals surface area contributed by atoms with Gasteiger partial charge in [0.1, 0.15) is 0 Å². The summed E-state index contributed by atoms with van der Waals surface area (Å²) in [7, 11) is 0. The average molecular weight is 234 g/mol. The lowest BCUT2D eigenvalue weighted by molar-refractivity contribution is -0.124. The van der Waals surface area contributed by atoms with E-state index in [2.05, 4.69) is 29.7 Å². The molecule has 0 aliphatic heterocycles. The van der Waals surface area contributed by atoms with E-state index in [0.717, 1.165) is 18.7 Å². The number of hydrogen-bond acceptors (Lipinski definition) is 2. The molecule has 1 rings (SSSR count). The summed E-state index contributed by atoms with van der Waals surface area (Å²) in [5.74, 6) is 0.118. The molecule has 0 spiro atoms. The van der Waals surface area contributed by atoms with Gasteiger partial charge in [-0.3, -0.25) is 4.79 Å². The van der Waals surface area contributed by atoms with Crippen LogP contribution < -0.4 is 10.6 Å². The number of carbonyl (C=O) groups excluding carboxylic acids is 1. The smallest absolute Gasteiger partial charge is 0.224 e. The Kier molecular flexibility index (Phi) is 5.70. The second kappa shape index (κ2) is 7.07. The molecule has 1 amide bonds. The molecule has 0 aliphatic carbocycles. The van der Waals surface area contributed by atoms with Gasteiger partial charge in [-0.1, -0.05) is 43.7 Å². The summed E-state index contributed by atoms with van der Waals surface area (Å²) in [6, 6.07) is 8.21. The van der Waals surface area contributed by atoms with Crippen molar-refractivity contribution < 1.29 is 4.79 Å². The zero-order valence-corrected chi connectivity index (χ0v) is 10.9. The molecule has 0 saturated carbocycles. The Morgan fingerprint density at radius 1 is 1.29 bits per heavy atom. The second-order valence-corrected chi connectivity index (χ2v) is 4.41. The van der Waals surface area contributed by atoms with Crippen LogP contribution in [0.3, 0.4) is 0 Å². The summed E-state index contributed by atoms with van der Waals surface area (Å²) < 4.78 is 0. The van der Waals surface area contributed by atoms with Crippen molar-refractivity contribution in [1.82, 2.24) is 10.6 Å². The molecule has 1 aromatic rings. The molecule has 17 heavy (non-hydrogen) atoms. The van der Waals surface area contributed by atoms with Crippen molar-refractivity contribution in [2.45, 2.75) is 27.3 Å². The Morgan fingerprint density at radius 2 is 1.94 bits per heavy atom. The van der Waals surface area contributed by atoms with E-state index >= 15 is 0 Å². The number of nitrogens with one attached hydrogen (secondary N) is 2. The van der Waals surface area contributed by atoms with Gasteiger partial charge >= 0.3 is 0 Å². The van der Waals surface area contributed by atoms with Crippen LogP contribution in [0.4, 0.5) is 0 Å². The summed E-state index contributed by atoms with van der Waals surface area (Å²) in [5.41, 5.74) is 2.38. The van der Waals surface area contributed by atoms with Gasteiger partial charge in [0.25, 0.3) is 0 Å². The summed E-state index contributed by atoms with van der Waals surface area (Å²) >= 11 is 0. The Balaban J connectivity index is 2.34. The number of benzene rings is 1. The van der Waals surface area contributed by atoms with Crippen molar-refractivity contribution in [1.29, 1.82) is 0 Å². The molecule has 3 nitrogen and oxygen atoms in total. The fourth-order valence-corrected chi connectivity index (χ4v) is 1.52. The van der Waals surface area contributed by atoms with E-state index in [4.69, 9.17) is 0 Å². The molecule has 3 heteroatoms. The Bertz CT molecular complexity index is 346. The second-order valence-electron chi connectivity index (χ2n) is 4.41. The third-order valence-electron chi connectivity index (χ3n) is 2.74. The van der Waals surface area contributed by atoms with Crippen LogP contribution in [-0.4, -0.2) is 19.0 Å². The number of aryl methyl sites for hydroxylation is 1. The third-order valence-corrected chi connectivity index (χ3v) is 2.74. The van der Waals surface area contributed by atoms with Crippen LogP contribution in [-0.2, 0) is 11.3 Å². The van der Waals surface area contributed by atoms with Gasteiger partial charge in [-0.15, -0.1) is 0 Å². The maximum Gasteiger partial charge on any atom is 0.224 e. The van der Waals surface area contributed by atoms with E-state index in [9.17, 15) is 4.79 Å². The number of carbonyl (C=O) groups is 1. The summed E-state index contributed by atoms with van der Waals surface area (Å²) in [6.07, 6.45) is 0. The maximum atomic E-state index is 11.7.